The fourth-order valence-corrected chi connectivity index (χ4v) is 4.33. The van der Waals surface area contributed by atoms with Gasteiger partial charge in [-0.3, -0.25) is 4.79 Å². The Morgan fingerprint density at radius 2 is 1.88 bits per heavy atom. The largest absolute Gasteiger partial charge is 0.372 e. The summed E-state index contributed by atoms with van der Waals surface area (Å²) in [6.45, 7) is 3.83. The van der Waals surface area contributed by atoms with Crippen molar-refractivity contribution in [3.05, 3.63) is 45.7 Å². The van der Waals surface area contributed by atoms with Gasteiger partial charge in [-0.2, -0.15) is 0 Å². The SMILES string of the molecule is CCS(=O)(=O)NC1CCC(OCc2[nH]c3ccccc3c(=O)c2C)CC1. The van der Waals surface area contributed by atoms with Crippen molar-refractivity contribution in [3.8, 4) is 0 Å². The summed E-state index contributed by atoms with van der Waals surface area (Å²) < 4.78 is 32.1. The van der Waals surface area contributed by atoms with Crippen LogP contribution in [0.5, 0.6) is 0 Å². The Morgan fingerprint density at radius 3 is 2.58 bits per heavy atom. The number of aromatic nitrogens is 1. The molecule has 1 aliphatic carbocycles. The molecule has 0 radical (unpaired) electrons. The molecule has 1 fully saturated rings. The molecule has 3 rings (SSSR count). The van der Waals surface area contributed by atoms with Gasteiger partial charge in [-0.15, -0.1) is 0 Å². The quantitative estimate of drug-likeness (QED) is 0.809. The maximum Gasteiger partial charge on any atom is 0.211 e. The zero-order chi connectivity index (χ0) is 18.7. The number of ether oxygens (including phenoxy) is 1. The molecule has 0 amide bonds. The average Bonchev–Trinajstić information content (AvgIpc) is 2.64. The van der Waals surface area contributed by atoms with E-state index in [-0.39, 0.29) is 23.3 Å². The number of hydrogen-bond donors (Lipinski definition) is 2. The van der Waals surface area contributed by atoms with Crippen LogP contribution < -0.4 is 10.2 Å². The summed E-state index contributed by atoms with van der Waals surface area (Å²) >= 11 is 0. The van der Waals surface area contributed by atoms with Gasteiger partial charge in [0.1, 0.15) is 0 Å². The van der Waals surface area contributed by atoms with Crippen molar-refractivity contribution in [2.75, 3.05) is 5.75 Å². The smallest absolute Gasteiger partial charge is 0.211 e. The lowest BCUT2D eigenvalue weighted by Gasteiger charge is -2.29. The third-order valence-electron chi connectivity index (χ3n) is 5.11. The number of rotatable bonds is 6. The van der Waals surface area contributed by atoms with Crippen molar-refractivity contribution in [2.24, 2.45) is 0 Å². The number of para-hydroxylation sites is 1. The lowest BCUT2D eigenvalue weighted by molar-refractivity contribution is 0.0111. The molecule has 1 heterocycles. The van der Waals surface area contributed by atoms with E-state index in [0.29, 0.717) is 17.6 Å². The monoisotopic (exact) mass is 378 g/mol. The third-order valence-corrected chi connectivity index (χ3v) is 6.57. The fourth-order valence-electron chi connectivity index (χ4n) is 3.42. The minimum Gasteiger partial charge on any atom is -0.372 e. The molecule has 7 heteroatoms. The number of aromatic amines is 1. The van der Waals surface area contributed by atoms with Gasteiger partial charge in [0, 0.05) is 28.2 Å². The summed E-state index contributed by atoms with van der Waals surface area (Å²) in [5, 5.41) is 0.692. The number of hydrogen-bond acceptors (Lipinski definition) is 4. The molecule has 6 nitrogen and oxygen atoms in total. The van der Waals surface area contributed by atoms with Crippen LogP contribution in [-0.2, 0) is 21.4 Å². The summed E-state index contributed by atoms with van der Waals surface area (Å²) in [4.78, 5) is 15.8. The molecule has 0 saturated heterocycles. The predicted octanol–water partition coefficient (Wildman–Crippen LogP) is 2.60. The summed E-state index contributed by atoms with van der Waals surface area (Å²) in [6.07, 6.45) is 3.27. The number of fused-ring (bicyclic) bond motifs is 1. The Labute approximate surface area is 154 Å². The molecule has 0 unspecified atom stereocenters. The van der Waals surface area contributed by atoms with E-state index in [2.05, 4.69) is 9.71 Å². The van der Waals surface area contributed by atoms with Crippen LogP contribution in [0.4, 0.5) is 0 Å². The Hall–Kier alpha value is -1.70. The van der Waals surface area contributed by atoms with Gasteiger partial charge < -0.3 is 9.72 Å². The number of H-pyrrole nitrogens is 1. The Balaban J connectivity index is 1.60. The van der Waals surface area contributed by atoms with Crippen LogP contribution in [0, 0.1) is 6.92 Å². The van der Waals surface area contributed by atoms with Gasteiger partial charge in [0.05, 0.1) is 18.5 Å². The van der Waals surface area contributed by atoms with E-state index >= 15 is 0 Å². The van der Waals surface area contributed by atoms with E-state index < -0.39 is 10.0 Å². The first-order valence-corrected chi connectivity index (χ1v) is 10.8. The number of nitrogens with one attached hydrogen (secondary N) is 2. The molecule has 1 aromatic heterocycles. The Morgan fingerprint density at radius 1 is 1.19 bits per heavy atom. The van der Waals surface area contributed by atoms with Gasteiger partial charge in [0.25, 0.3) is 0 Å². The van der Waals surface area contributed by atoms with Crippen LogP contribution in [0.15, 0.2) is 29.1 Å². The highest BCUT2D eigenvalue weighted by Gasteiger charge is 2.24. The van der Waals surface area contributed by atoms with E-state index in [9.17, 15) is 13.2 Å². The lowest BCUT2D eigenvalue weighted by atomic mass is 9.94. The van der Waals surface area contributed by atoms with Gasteiger partial charge >= 0.3 is 0 Å². The highest BCUT2D eigenvalue weighted by atomic mass is 32.2. The van der Waals surface area contributed by atoms with Crippen molar-refractivity contribution in [1.82, 2.24) is 9.71 Å². The standard InChI is InChI=1S/C19H26N2O4S/c1-3-26(23,24)21-14-8-10-15(11-9-14)25-12-18-13(2)19(22)16-6-4-5-7-17(16)20-18/h4-7,14-15,21H,3,8-12H2,1-2H3,(H,20,22). The summed E-state index contributed by atoms with van der Waals surface area (Å²) in [7, 11) is -3.15. The summed E-state index contributed by atoms with van der Waals surface area (Å²) in [5.41, 5.74) is 2.35. The van der Waals surface area contributed by atoms with Gasteiger partial charge in [-0.1, -0.05) is 12.1 Å². The van der Waals surface area contributed by atoms with E-state index in [1.807, 2.05) is 31.2 Å². The molecular formula is C19H26N2O4S. The molecule has 2 N–H and O–H groups in total. The zero-order valence-electron chi connectivity index (χ0n) is 15.2. The Bertz CT molecular complexity index is 928. The minimum atomic E-state index is -3.15. The number of sulfonamides is 1. The highest BCUT2D eigenvalue weighted by Crippen LogP contribution is 2.23. The van der Waals surface area contributed by atoms with Gasteiger partial charge in [-0.25, -0.2) is 13.1 Å². The van der Waals surface area contributed by atoms with Crippen molar-refractivity contribution in [3.63, 3.8) is 0 Å². The molecule has 26 heavy (non-hydrogen) atoms. The van der Waals surface area contributed by atoms with E-state index in [4.69, 9.17) is 4.74 Å². The first kappa shape index (κ1) is 19.1. The van der Waals surface area contributed by atoms with Gasteiger partial charge in [-0.05, 0) is 51.7 Å². The highest BCUT2D eigenvalue weighted by molar-refractivity contribution is 7.89. The van der Waals surface area contributed by atoms with E-state index in [1.54, 1.807) is 6.92 Å². The van der Waals surface area contributed by atoms with Crippen LogP contribution in [0.3, 0.4) is 0 Å². The maximum absolute atomic E-state index is 12.5. The van der Waals surface area contributed by atoms with Crippen molar-refractivity contribution < 1.29 is 13.2 Å². The van der Waals surface area contributed by atoms with Crippen molar-refractivity contribution >= 4 is 20.9 Å². The lowest BCUT2D eigenvalue weighted by Crippen LogP contribution is -2.39. The molecule has 0 aliphatic heterocycles. The molecule has 0 spiro atoms. The summed E-state index contributed by atoms with van der Waals surface area (Å²) in [6, 6.07) is 7.48. The zero-order valence-corrected chi connectivity index (χ0v) is 16.1. The van der Waals surface area contributed by atoms with Gasteiger partial charge in [0.2, 0.25) is 10.0 Å². The second-order valence-corrected chi connectivity index (χ2v) is 8.95. The van der Waals surface area contributed by atoms with Crippen LogP contribution in [0.1, 0.15) is 43.9 Å². The number of benzene rings is 1. The molecule has 0 bridgehead atoms. The second kappa shape index (κ2) is 7.90. The molecule has 1 aromatic carbocycles. The topological polar surface area (TPSA) is 88.3 Å². The molecule has 142 valence electrons. The normalized spacial score (nSPS) is 21.2. The minimum absolute atomic E-state index is 0.00186. The number of pyridine rings is 1. The molecule has 0 atom stereocenters. The first-order chi connectivity index (χ1) is 12.4. The van der Waals surface area contributed by atoms with E-state index in [1.165, 1.54) is 0 Å². The molecule has 2 aromatic rings. The third kappa shape index (κ3) is 4.34. The molecule has 1 saturated carbocycles. The van der Waals surface area contributed by atoms with Crippen LogP contribution >= 0.6 is 0 Å². The van der Waals surface area contributed by atoms with E-state index in [0.717, 1.165) is 36.9 Å². The molecular weight excluding hydrogens is 352 g/mol. The fraction of sp³-hybridized carbons (Fsp3) is 0.526. The summed E-state index contributed by atoms with van der Waals surface area (Å²) in [5.74, 6) is 0.109. The van der Waals surface area contributed by atoms with Crippen molar-refractivity contribution in [1.29, 1.82) is 0 Å². The van der Waals surface area contributed by atoms with Gasteiger partial charge in [0.15, 0.2) is 5.43 Å². The first-order valence-electron chi connectivity index (χ1n) is 9.11. The van der Waals surface area contributed by atoms with Crippen LogP contribution in [-0.4, -0.2) is 31.3 Å². The van der Waals surface area contributed by atoms with Crippen LogP contribution in [0.25, 0.3) is 10.9 Å². The Kier molecular flexibility index (Phi) is 5.79. The molecule has 1 aliphatic rings. The average molecular weight is 378 g/mol. The van der Waals surface area contributed by atoms with Crippen LogP contribution in [0.2, 0.25) is 0 Å². The predicted molar refractivity (Wildman–Crippen MR) is 103 cm³/mol. The van der Waals surface area contributed by atoms with Crippen molar-refractivity contribution in [2.45, 2.75) is 58.3 Å². The second-order valence-electron chi connectivity index (χ2n) is 6.91. The maximum atomic E-state index is 12.5.